The fraction of sp³-hybridized carbons (Fsp3) is 0.483. The van der Waals surface area contributed by atoms with Crippen LogP contribution in [0.1, 0.15) is 56.2 Å². The van der Waals surface area contributed by atoms with E-state index in [-0.39, 0.29) is 43.7 Å². The second kappa shape index (κ2) is 13.3. The van der Waals surface area contributed by atoms with Crippen molar-refractivity contribution in [1.82, 2.24) is 15.5 Å². The summed E-state index contributed by atoms with van der Waals surface area (Å²) < 4.78 is 10.6. The number of nitrogens with zero attached hydrogens (tertiary/aromatic N) is 1. The summed E-state index contributed by atoms with van der Waals surface area (Å²) in [4.78, 5) is 38.3. The van der Waals surface area contributed by atoms with E-state index in [0.29, 0.717) is 5.69 Å². The highest BCUT2D eigenvalue weighted by molar-refractivity contribution is 5.91. The number of fused-ring (bicyclic) bond motifs is 1. The van der Waals surface area contributed by atoms with E-state index in [9.17, 15) is 14.4 Å². The maximum absolute atomic E-state index is 12.4. The Balaban J connectivity index is 1.47. The van der Waals surface area contributed by atoms with Gasteiger partial charge >= 0.3 is 6.09 Å². The number of ether oxygens (including phenoxy) is 2. The molecule has 0 fully saturated rings. The lowest BCUT2D eigenvalue weighted by Crippen LogP contribution is -2.35. The first-order valence-electron chi connectivity index (χ1n) is 13.0. The number of carbonyl (C=O) groups excluding carboxylic acids is 3. The molecule has 1 aliphatic rings. The first-order chi connectivity index (χ1) is 18.0. The molecule has 3 N–H and O–H groups in total. The van der Waals surface area contributed by atoms with Gasteiger partial charge in [0.25, 0.3) is 0 Å². The van der Waals surface area contributed by atoms with Gasteiger partial charge in [-0.3, -0.25) is 9.59 Å². The van der Waals surface area contributed by atoms with Crippen LogP contribution in [-0.4, -0.2) is 68.7 Å². The molecule has 2 aromatic rings. The molecule has 38 heavy (non-hydrogen) atoms. The lowest BCUT2D eigenvalue weighted by Gasteiger charge is -2.22. The second-order valence-corrected chi connectivity index (χ2v) is 10.6. The molecule has 0 bridgehead atoms. The van der Waals surface area contributed by atoms with E-state index >= 15 is 0 Å². The largest absolute Gasteiger partial charge is 0.497 e. The number of likely N-dealkylation sites (N-methyl/N-ethyl adjacent to an activating group) is 1. The molecule has 3 amide bonds. The number of anilines is 1. The van der Waals surface area contributed by atoms with Gasteiger partial charge in [0.2, 0.25) is 11.8 Å². The Kier molecular flexibility index (Phi) is 10.1. The van der Waals surface area contributed by atoms with Crippen molar-refractivity contribution in [2.75, 3.05) is 45.7 Å². The van der Waals surface area contributed by atoms with E-state index < -0.39 is 11.7 Å². The third-order valence-electron chi connectivity index (χ3n) is 6.28. The van der Waals surface area contributed by atoms with Crippen molar-refractivity contribution in [1.29, 1.82) is 0 Å². The molecule has 0 radical (unpaired) electrons. The minimum Gasteiger partial charge on any atom is -0.497 e. The molecule has 3 rings (SSSR count). The van der Waals surface area contributed by atoms with Gasteiger partial charge in [-0.1, -0.05) is 18.2 Å². The number of rotatable bonds is 9. The van der Waals surface area contributed by atoms with Crippen molar-refractivity contribution in [2.24, 2.45) is 0 Å². The summed E-state index contributed by atoms with van der Waals surface area (Å²) >= 11 is 0. The van der Waals surface area contributed by atoms with E-state index in [0.717, 1.165) is 25.3 Å². The number of hydrogen-bond donors (Lipinski definition) is 3. The summed E-state index contributed by atoms with van der Waals surface area (Å²) in [5.74, 6) is 0.628. The highest BCUT2D eigenvalue weighted by atomic mass is 16.6. The molecular formula is C29H40N4O5. The van der Waals surface area contributed by atoms with Crippen molar-refractivity contribution >= 4 is 23.6 Å². The maximum atomic E-state index is 12.4. The molecule has 2 aromatic carbocycles. The Morgan fingerprint density at radius 3 is 2.34 bits per heavy atom. The number of carbonyl (C=O) groups is 3. The highest BCUT2D eigenvalue weighted by Crippen LogP contribution is 2.34. The van der Waals surface area contributed by atoms with Gasteiger partial charge in [0.05, 0.1) is 7.11 Å². The molecule has 0 spiro atoms. The third-order valence-corrected chi connectivity index (χ3v) is 6.28. The highest BCUT2D eigenvalue weighted by Gasteiger charge is 2.23. The lowest BCUT2D eigenvalue weighted by molar-refractivity contribution is -0.121. The zero-order valence-electron chi connectivity index (χ0n) is 23.1. The van der Waals surface area contributed by atoms with Crippen LogP contribution in [0.25, 0.3) is 0 Å². The van der Waals surface area contributed by atoms with Crippen LogP contribution in [0.5, 0.6) is 5.75 Å². The summed E-state index contributed by atoms with van der Waals surface area (Å²) in [6.45, 7) is 7.58. The van der Waals surface area contributed by atoms with Crippen LogP contribution in [0.3, 0.4) is 0 Å². The molecule has 1 atom stereocenters. The number of nitrogens with one attached hydrogen (secondary N) is 3. The Hall–Kier alpha value is -3.59. The third kappa shape index (κ3) is 9.06. The minimum atomic E-state index is -0.592. The SMILES string of the molecule is COc1ccc2c(c1)C(c1ccc(NC(=O)CCNC(=O)CCNC(=O)OC(C)(C)C)cc1)CN(C)CC2. The summed E-state index contributed by atoms with van der Waals surface area (Å²) in [6.07, 6.45) is 0.684. The predicted octanol–water partition coefficient (Wildman–Crippen LogP) is 3.67. The van der Waals surface area contributed by atoms with E-state index in [2.05, 4.69) is 52.2 Å². The predicted molar refractivity (Wildman–Crippen MR) is 148 cm³/mol. The Morgan fingerprint density at radius 2 is 1.66 bits per heavy atom. The van der Waals surface area contributed by atoms with E-state index in [1.807, 2.05) is 18.2 Å². The maximum Gasteiger partial charge on any atom is 0.407 e. The molecule has 0 saturated heterocycles. The van der Waals surface area contributed by atoms with Crippen molar-refractivity contribution in [2.45, 2.75) is 51.6 Å². The van der Waals surface area contributed by atoms with Gasteiger partial charge in [-0.05, 0) is 75.2 Å². The second-order valence-electron chi connectivity index (χ2n) is 10.6. The van der Waals surface area contributed by atoms with Crippen LogP contribution >= 0.6 is 0 Å². The van der Waals surface area contributed by atoms with Gasteiger partial charge in [0.1, 0.15) is 11.4 Å². The zero-order chi connectivity index (χ0) is 27.7. The first kappa shape index (κ1) is 29.0. The van der Waals surface area contributed by atoms with Crippen molar-refractivity contribution in [3.63, 3.8) is 0 Å². The average Bonchev–Trinajstić information content (AvgIpc) is 3.01. The van der Waals surface area contributed by atoms with E-state index in [4.69, 9.17) is 9.47 Å². The number of alkyl carbamates (subject to hydrolysis) is 1. The number of amides is 3. The molecule has 1 aliphatic heterocycles. The summed E-state index contributed by atoms with van der Waals surface area (Å²) in [5.41, 5.74) is 3.91. The average molecular weight is 525 g/mol. The van der Waals surface area contributed by atoms with E-state index in [1.165, 1.54) is 16.7 Å². The molecule has 1 unspecified atom stereocenters. The minimum absolute atomic E-state index is 0.105. The van der Waals surface area contributed by atoms with Crippen LogP contribution in [0, 0.1) is 0 Å². The Labute approximate surface area is 225 Å². The Bertz CT molecular complexity index is 1110. The normalized spacial score (nSPS) is 15.6. The zero-order valence-corrected chi connectivity index (χ0v) is 23.1. The van der Waals surface area contributed by atoms with Crippen LogP contribution in [0.4, 0.5) is 10.5 Å². The molecule has 0 saturated carbocycles. The quantitative estimate of drug-likeness (QED) is 0.462. The number of hydrogen-bond acceptors (Lipinski definition) is 6. The standard InChI is InChI=1S/C29H40N4O5/c1-29(2,3)38-28(36)31-16-12-26(34)30-15-13-27(35)32-22-9-6-20(7-10-22)25-19-33(4)17-14-21-8-11-23(37-5)18-24(21)25/h6-11,18,25H,12-17,19H2,1-5H3,(H,30,34)(H,31,36)(H,32,35). The van der Waals surface area contributed by atoms with Gasteiger partial charge in [-0.25, -0.2) is 4.79 Å². The van der Waals surface area contributed by atoms with Crippen molar-refractivity contribution in [3.05, 3.63) is 59.2 Å². The summed E-state index contributed by atoms with van der Waals surface area (Å²) in [6, 6.07) is 14.3. The fourth-order valence-corrected chi connectivity index (χ4v) is 4.37. The molecular weight excluding hydrogens is 484 g/mol. The molecule has 1 heterocycles. The molecule has 9 nitrogen and oxygen atoms in total. The van der Waals surface area contributed by atoms with Crippen LogP contribution in [0.15, 0.2) is 42.5 Å². The summed E-state index contributed by atoms with van der Waals surface area (Å²) in [7, 11) is 3.83. The number of methoxy groups -OCH3 is 1. The molecule has 9 heteroatoms. The van der Waals surface area contributed by atoms with Crippen molar-refractivity contribution in [3.8, 4) is 5.75 Å². The van der Waals surface area contributed by atoms with Crippen molar-refractivity contribution < 1.29 is 23.9 Å². The van der Waals surface area contributed by atoms with Crippen LogP contribution in [0.2, 0.25) is 0 Å². The first-order valence-corrected chi connectivity index (χ1v) is 13.0. The summed E-state index contributed by atoms with van der Waals surface area (Å²) in [5, 5.41) is 8.12. The number of benzene rings is 2. The van der Waals surface area contributed by atoms with E-state index in [1.54, 1.807) is 27.9 Å². The van der Waals surface area contributed by atoms with Gasteiger partial charge in [0, 0.05) is 50.6 Å². The topological polar surface area (TPSA) is 109 Å². The lowest BCUT2D eigenvalue weighted by atomic mass is 9.88. The smallest absolute Gasteiger partial charge is 0.407 e. The molecule has 0 aliphatic carbocycles. The van der Waals surface area contributed by atoms with Gasteiger partial charge in [-0.15, -0.1) is 0 Å². The Morgan fingerprint density at radius 1 is 0.974 bits per heavy atom. The molecule has 0 aromatic heterocycles. The van der Waals surface area contributed by atoms with Gasteiger partial charge in [0.15, 0.2) is 0 Å². The van der Waals surface area contributed by atoms with Gasteiger partial charge < -0.3 is 30.3 Å². The van der Waals surface area contributed by atoms with Gasteiger partial charge in [-0.2, -0.15) is 0 Å². The van der Waals surface area contributed by atoms with Crippen LogP contribution in [-0.2, 0) is 20.7 Å². The van der Waals surface area contributed by atoms with Crippen LogP contribution < -0.4 is 20.7 Å². The molecule has 206 valence electrons. The monoisotopic (exact) mass is 524 g/mol. The fourth-order valence-electron chi connectivity index (χ4n) is 4.37.